The molecule has 19 heavy (non-hydrogen) atoms. The van der Waals surface area contributed by atoms with Gasteiger partial charge in [0.2, 0.25) is 0 Å². The summed E-state index contributed by atoms with van der Waals surface area (Å²) >= 11 is 0. The topological polar surface area (TPSA) is 50.7 Å². The van der Waals surface area contributed by atoms with Crippen LogP contribution < -0.4 is 10.1 Å². The van der Waals surface area contributed by atoms with Gasteiger partial charge >= 0.3 is 0 Å². The Bertz CT molecular complexity index is 362. The van der Waals surface area contributed by atoms with E-state index < -0.39 is 0 Å². The Kier molecular flexibility index (Phi) is 5.63. The van der Waals surface area contributed by atoms with Gasteiger partial charge in [0.05, 0.1) is 19.3 Å². The fraction of sp³-hybridized carbons (Fsp3) is 0.600. The van der Waals surface area contributed by atoms with Crippen LogP contribution in [0.2, 0.25) is 0 Å². The highest BCUT2D eigenvalue weighted by Gasteiger charge is 2.24. The molecule has 0 aliphatic heterocycles. The Labute approximate surface area is 114 Å². The van der Waals surface area contributed by atoms with E-state index in [9.17, 15) is 5.11 Å². The number of hydrogen-bond acceptors (Lipinski definition) is 4. The van der Waals surface area contributed by atoms with Gasteiger partial charge < -0.3 is 19.9 Å². The molecule has 1 aliphatic rings. The lowest BCUT2D eigenvalue weighted by molar-refractivity contribution is 0.182. The number of nitrogens with one attached hydrogen (secondary N) is 1. The van der Waals surface area contributed by atoms with E-state index in [0.29, 0.717) is 12.6 Å². The maximum absolute atomic E-state index is 9.27. The molecule has 1 aliphatic carbocycles. The molecule has 106 valence electrons. The zero-order valence-corrected chi connectivity index (χ0v) is 11.5. The second-order valence-corrected chi connectivity index (χ2v) is 5.02. The van der Waals surface area contributed by atoms with Crippen molar-refractivity contribution < 1.29 is 14.6 Å². The van der Waals surface area contributed by atoms with Crippen molar-refractivity contribution in [2.75, 3.05) is 26.9 Å². The summed E-state index contributed by atoms with van der Waals surface area (Å²) in [7, 11) is 1.71. The third-order valence-electron chi connectivity index (χ3n) is 3.24. The van der Waals surface area contributed by atoms with Gasteiger partial charge in [-0.15, -0.1) is 0 Å². The maximum Gasteiger partial charge on any atom is 0.119 e. The minimum Gasteiger partial charge on any atom is -0.492 e. The molecule has 0 aromatic heterocycles. The fourth-order valence-electron chi connectivity index (χ4n) is 1.91. The lowest BCUT2D eigenvalue weighted by atomic mass is 10.1. The number of rotatable bonds is 9. The molecule has 0 spiro atoms. The zero-order valence-electron chi connectivity index (χ0n) is 11.5. The highest BCUT2D eigenvalue weighted by atomic mass is 16.5. The quantitative estimate of drug-likeness (QED) is 0.708. The van der Waals surface area contributed by atoms with Crippen molar-refractivity contribution in [2.45, 2.75) is 31.3 Å². The Hall–Kier alpha value is -1.10. The molecule has 4 nitrogen and oxygen atoms in total. The molecule has 0 amide bonds. The third kappa shape index (κ3) is 5.19. The standard InChI is InChI=1S/C15H23NO3/c1-18-9-8-12-2-6-15(7-3-12)19-11-14(10-17)16-13-4-5-13/h2-3,6-7,13-14,16-17H,4-5,8-11H2,1H3. The number of aliphatic hydroxyl groups is 1. The SMILES string of the molecule is COCCc1ccc(OCC(CO)NC2CC2)cc1. The van der Waals surface area contributed by atoms with Crippen LogP contribution in [0.5, 0.6) is 5.75 Å². The summed E-state index contributed by atoms with van der Waals surface area (Å²) < 4.78 is 10.7. The molecule has 1 aromatic carbocycles. The predicted molar refractivity (Wildman–Crippen MR) is 74.5 cm³/mol. The van der Waals surface area contributed by atoms with Crippen molar-refractivity contribution >= 4 is 0 Å². The van der Waals surface area contributed by atoms with Gasteiger partial charge in [-0.2, -0.15) is 0 Å². The van der Waals surface area contributed by atoms with Gasteiger partial charge in [-0.25, -0.2) is 0 Å². The monoisotopic (exact) mass is 265 g/mol. The van der Waals surface area contributed by atoms with Crippen LogP contribution in [0.25, 0.3) is 0 Å². The summed E-state index contributed by atoms with van der Waals surface area (Å²) in [5.41, 5.74) is 1.24. The molecule has 0 saturated heterocycles. The Morgan fingerprint density at radius 3 is 2.63 bits per heavy atom. The van der Waals surface area contributed by atoms with Crippen LogP contribution in [-0.2, 0) is 11.2 Å². The zero-order chi connectivity index (χ0) is 13.5. The molecule has 1 fully saturated rings. The van der Waals surface area contributed by atoms with Crippen molar-refractivity contribution in [3.63, 3.8) is 0 Å². The highest BCUT2D eigenvalue weighted by molar-refractivity contribution is 5.27. The van der Waals surface area contributed by atoms with E-state index in [0.717, 1.165) is 18.8 Å². The Balaban J connectivity index is 1.74. The Morgan fingerprint density at radius 2 is 2.05 bits per heavy atom. The summed E-state index contributed by atoms with van der Waals surface area (Å²) in [5, 5.41) is 12.6. The third-order valence-corrected chi connectivity index (χ3v) is 3.24. The molecule has 2 rings (SSSR count). The summed E-state index contributed by atoms with van der Waals surface area (Å²) in [5.74, 6) is 0.845. The number of ether oxygens (including phenoxy) is 2. The molecule has 2 N–H and O–H groups in total. The van der Waals surface area contributed by atoms with Crippen LogP contribution in [0.4, 0.5) is 0 Å². The molecule has 4 heteroatoms. The Morgan fingerprint density at radius 1 is 1.32 bits per heavy atom. The van der Waals surface area contributed by atoms with Crippen molar-refractivity contribution in [1.82, 2.24) is 5.32 Å². The molecule has 1 unspecified atom stereocenters. The summed E-state index contributed by atoms with van der Waals surface area (Å²) in [6.07, 6.45) is 3.34. The highest BCUT2D eigenvalue weighted by Crippen LogP contribution is 2.19. The largest absolute Gasteiger partial charge is 0.492 e. The van der Waals surface area contributed by atoms with Gasteiger partial charge in [-0.1, -0.05) is 12.1 Å². The average Bonchev–Trinajstić information content (AvgIpc) is 3.26. The molecular weight excluding hydrogens is 242 g/mol. The lowest BCUT2D eigenvalue weighted by Gasteiger charge is -2.16. The fourth-order valence-corrected chi connectivity index (χ4v) is 1.91. The second-order valence-electron chi connectivity index (χ2n) is 5.02. The van der Waals surface area contributed by atoms with Gasteiger partial charge in [0, 0.05) is 13.2 Å². The van der Waals surface area contributed by atoms with Crippen LogP contribution in [0, 0.1) is 0 Å². The number of benzene rings is 1. The van der Waals surface area contributed by atoms with Gasteiger partial charge in [-0.3, -0.25) is 0 Å². The average molecular weight is 265 g/mol. The van der Waals surface area contributed by atoms with E-state index in [4.69, 9.17) is 9.47 Å². The van der Waals surface area contributed by atoms with Gasteiger partial charge in [-0.05, 0) is 37.0 Å². The first-order valence-corrected chi connectivity index (χ1v) is 6.89. The lowest BCUT2D eigenvalue weighted by Crippen LogP contribution is -2.39. The summed E-state index contributed by atoms with van der Waals surface area (Å²) in [6, 6.07) is 8.65. The van der Waals surface area contributed by atoms with Crippen LogP contribution in [0.15, 0.2) is 24.3 Å². The molecule has 1 atom stereocenters. The minimum absolute atomic E-state index is 0.0284. The normalized spacial score (nSPS) is 16.3. The first kappa shape index (κ1) is 14.3. The molecule has 0 radical (unpaired) electrons. The summed E-state index contributed by atoms with van der Waals surface area (Å²) in [6.45, 7) is 1.35. The molecule has 0 bridgehead atoms. The second kappa shape index (κ2) is 7.48. The molecular formula is C15H23NO3. The van der Waals surface area contributed by atoms with E-state index in [2.05, 4.69) is 17.4 Å². The van der Waals surface area contributed by atoms with Crippen LogP contribution in [0.1, 0.15) is 18.4 Å². The van der Waals surface area contributed by atoms with Gasteiger partial charge in [0.25, 0.3) is 0 Å². The van der Waals surface area contributed by atoms with Gasteiger partial charge in [0.15, 0.2) is 0 Å². The van der Waals surface area contributed by atoms with Crippen LogP contribution in [-0.4, -0.2) is 44.1 Å². The van der Waals surface area contributed by atoms with Crippen molar-refractivity contribution in [3.05, 3.63) is 29.8 Å². The van der Waals surface area contributed by atoms with E-state index in [1.54, 1.807) is 7.11 Å². The minimum atomic E-state index is 0.0284. The first-order chi connectivity index (χ1) is 9.31. The van der Waals surface area contributed by atoms with Crippen molar-refractivity contribution in [2.24, 2.45) is 0 Å². The van der Waals surface area contributed by atoms with Crippen molar-refractivity contribution in [3.8, 4) is 5.75 Å². The van der Waals surface area contributed by atoms with E-state index in [1.165, 1.54) is 18.4 Å². The summed E-state index contributed by atoms with van der Waals surface area (Å²) in [4.78, 5) is 0. The van der Waals surface area contributed by atoms with E-state index in [1.807, 2.05) is 12.1 Å². The smallest absolute Gasteiger partial charge is 0.119 e. The molecule has 1 aromatic rings. The van der Waals surface area contributed by atoms with Gasteiger partial charge in [0.1, 0.15) is 12.4 Å². The molecule has 0 heterocycles. The van der Waals surface area contributed by atoms with Crippen molar-refractivity contribution in [1.29, 1.82) is 0 Å². The van der Waals surface area contributed by atoms with Crippen LogP contribution >= 0.6 is 0 Å². The number of hydrogen-bond donors (Lipinski definition) is 2. The number of methoxy groups -OCH3 is 1. The van der Waals surface area contributed by atoms with E-state index >= 15 is 0 Å². The number of aliphatic hydroxyl groups excluding tert-OH is 1. The molecule has 1 saturated carbocycles. The van der Waals surface area contributed by atoms with E-state index in [-0.39, 0.29) is 12.6 Å². The maximum atomic E-state index is 9.27. The van der Waals surface area contributed by atoms with Crippen LogP contribution in [0.3, 0.4) is 0 Å². The first-order valence-electron chi connectivity index (χ1n) is 6.89. The predicted octanol–water partition coefficient (Wildman–Crippen LogP) is 1.37.